The number of rotatable bonds is 4. The maximum absolute atomic E-state index is 12.9. The summed E-state index contributed by atoms with van der Waals surface area (Å²) in [5.41, 5.74) is 0.503. The molecule has 0 spiro atoms. The maximum atomic E-state index is 12.9. The summed E-state index contributed by atoms with van der Waals surface area (Å²) in [7, 11) is 0. The normalized spacial score (nSPS) is 11.7. The molecule has 0 unspecified atom stereocenters. The number of ketones is 1. The standard InChI is InChI=1S/C14H12BrF3N2O/c1-2-20-13(14(16,17)18)7-11(19-20)9-3-5-10(6-4-9)12(21)8-15/h3-7H,2,8H2,1H3. The van der Waals surface area contributed by atoms with Crippen molar-refractivity contribution in [3.63, 3.8) is 0 Å². The minimum Gasteiger partial charge on any atom is -0.293 e. The van der Waals surface area contributed by atoms with Crippen molar-refractivity contribution >= 4 is 21.7 Å². The van der Waals surface area contributed by atoms with Gasteiger partial charge in [-0.3, -0.25) is 9.48 Å². The van der Waals surface area contributed by atoms with Crippen LogP contribution < -0.4 is 0 Å². The number of benzene rings is 1. The molecule has 2 aromatic rings. The van der Waals surface area contributed by atoms with Gasteiger partial charge in [0.15, 0.2) is 5.78 Å². The van der Waals surface area contributed by atoms with E-state index in [1.54, 1.807) is 31.2 Å². The Bertz CT molecular complexity index is 647. The monoisotopic (exact) mass is 360 g/mol. The molecule has 112 valence electrons. The van der Waals surface area contributed by atoms with E-state index in [9.17, 15) is 18.0 Å². The number of alkyl halides is 4. The van der Waals surface area contributed by atoms with E-state index >= 15 is 0 Å². The Balaban J connectivity index is 2.39. The third-order valence-electron chi connectivity index (χ3n) is 2.99. The summed E-state index contributed by atoms with van der Waals surface area (Å²) in [5.74, 6) is -0.0865. The lowest BCUT2D eigenvalue weighted by Gasteiger charge is -2.07. The number of aryl methyl sites for hydroxylation is 1. The number of carbonyl (C=O) groups is 1. The molecule has 0 amide bonds. The second-order valence-corrected chi connectivity index (χ2v) is 4.92. The fourth-order valence-corrected chi connectivity index (χ4v) is 2.25. The van der Waals surface area contributed by atoms with Crippen molar-refractivity contribution in [2.24, 2.45) is 0 Å². The van der Waals surface area contributed by atoms with Crippen molar-refractivity contribution in [2.75, 3.05) is 5.33 Å². The van der Waals surface area contributed by atoms with Crippen molar-refractivity contribution in [2.45, 2.75) is 19.6 Å². The zero-order valence-corrected chi connectivity index (χ0v) is 12.7. The Morgan fingerprint density at radius 2 is 1.90 bits per heavy atom. The van der Waals surface area contributed by atoms with Crippen LogP contribution in [0, 0.1) is 0 Å². The average molecular weight is 361 g/mol. The van der Waals surface area contributed by atoms with E-state index in [1.165, 1.54) is 0 Å². The van der Waals surface area contributed by atoms with Crippen LogP contribution in [0.5, 0.6) is 0 Å². The molecule has 1 heterocycles. The molecule has 0 radical (unpaired) electrons. The summed E-state index contributed by atoms with van der Waals surface area (Å²) in [6.07, 6.45) is -4.44. The van der Waals surface area contributed by atoms with Crippen molar-refractivity contribution in [1.82, 2.24) is 9.78 Å². The molecule has 0 fully saturated rings. The summed E-state index contributed by atoms with van der Waals surface area (Å²) in [4.78, 5) is 11.5. The zero-order valence-electron chi connectivity index (χ0n) is 11.1. The van der Waals surface area contributed by atoms with Crippen molar-refractivity contribution in [1.29, 1.82) is 0 Å². The first kappa shape index (κ1) is 15.8. The number of aromatic nitrogens is 2. The van der Waals surface area contributed by atoms with E-state index in [1.807, 2.05) is 0 Å². The van der Waals surface area contributed by atoms with Crippen LogP contribution >= 0.6 is 15.9 Å². The van der Waals surface area contributed by atoms with Gasteiger partial charge in [0.2, 0.25) is 0 Å². The van der Waals surface area contributed by atoms with E-state index in [0.717, 1.165) is 10.7 Å². The summed E-state index contributed by atoms with van der Waals surface area (Å²) in [6, 6.07) is 7.37. The van der Waals surface area contributed by atoms with Crippen LogP contribution in [0.1, 0.15) is 23.0 Å². The maximum Gasteiger partial charge on any atom is 0.433 e. The summed E-state index contributed by atoms with van der Waals surface area (Å²) < 4.78 is 39.5. The van der Waals surface area contributed by atoms with Crippen LogP contribution in [0.15, 0.2) is 30.3 Å². The van der Waals surface area contributed by atoms with E-state index in [4.69, 9.17) is 0 Å². The van der Waals surface area contributed by atoms with Crippen molar-refractivity contribution in [3.05, 3.63) is 41.6 Å². The van der Waals surface area contributed by atoms with Gasteiger partial charge in [0.05, 0.1) is 11.0 Å². The van der Waals surface area contributed by atoms with E-state index < -0.39 is 11.9 Å². The molecule has 1 aromatic heterocycles. The molecule has 7 heteroatoms. The average Bonchev–Trinajstić information content (AvgIpc) is 2.91. The smallest absolute Gasteiger partial charge is 0.293 e. The lowest BCUT2D eigenvalue weighted by molar-refractivity contribution is -0.144. The van der Waals surface area contributed by atoms with Crippen LogP contribution in [0.2, 0.25) is 0 Å². The Hall–Kier alpha value is -1.63. The van der Waals surface area contributed by atoms with Gasteiger partial charge in [-0.1, -0.05) is 40.2 Å². The predicted octanol–water partition coefficient (Wildman–Crippen LogP) is 4.17. The molecule has 21 heavy (non-hydrogen) atoms. The van der Waals surface area contributed by atoms with Gasteiger partial charge >= 0.3 is 6.18 Å². The molecular weight excluding hydrogens is 349 g/mol. The number of carbonyl (C=O) groups excluding carboxylic acids is 1. The van der Waals surface area contributed by atoms with Crippen LogP contribution in [-0.4, -0.2) is 20.9 Å². The Morgan fingerprint density at radius 3 is 2.33 bits per heavy atom. The first-order chi connectivity index (χ1) is 9.86. The Morgan fingerprint density at radius 1 is 1.29 bits per heavy atom. The third-order valence-corrected chi connectivity index (χ3v) is 3.50. The van der Waals surface area contributed by atoms with Gasteiger partial charge in [-0.05, 0) is 13.0 Å². The largest absolute Gasteiger partial charge is 0.433 e. The highest BCUT2D eigenvalue weighted by molar-refractivity contribution is 9.09. The van der Waals surface area contributed by atoms with Gasteiger partial charge in [0.25, 0.3) is 0 Å². The fourth-order valence-electron chi connectivity index (χ4n) is 1.93. The molecule has 0 saturated carbocycles. The number of halogens is 4. The van der Waals surface area contributed by atoms with Gasteiger partial charge in [-0.2, -0.15) is 18.3 Å². The molecule has 0 atom stereocenters. The first-order valence-corrected chi connectivity index (χ1v) is 7.33. The van der Waals surface area contributed by atoms with Crippen LogP contribution in [-0.2, 0) is 12.7 Å². The van der Waals surface area contributed by atoms with Crippen molar-refractivity contribution in [3.8, 4) is 11.3 Å². The van der Waals surface area contributed by atoms with Crippen molar-refractivity contribution < 1.29 is 18.0 Å². The Kier molecular flexibility index (Phi) is 4.51. The topological polar surface area (TPSA) is 34.9 Å². The summed E-state index contributed by atoms with van der Waals surface area (Å²) in [5, 5.41) is 4.17. The minimum absolute atomic E-state index is 0.0865. The summed E-state index contributed by atoms with van der Waals surface area (Å²) in [6.45, 7) is 1.73. The second-order valence-electron chi connectivity index (χ2n) is 4.36. The van der Waals surface area contributed by atoms with Gasteiger partial charge in [0, 0.05) is 17.7 Å². The SMILES string of the molecule is CCn1nc(-c2ccc(C(=O)CBr)cc2)cc1C(F)(F)F. The Labute approximate surface area is 127 Å². The number of nitrogens with zero attached hydrogens (tertiary/aromatic N) is 2. The number of hydrogen-bond acceptors (Lipinski definition) is 2. The highest BCUT2D eigenvalue weighted by Crippen LogP contribution is 2.32. The highest BCUT2D eigenvalue weighted by atomic mass is 79.9. The molecule has 0 N–H and O–H groups in total. The fraction of sp³-hybridized carbons (Fsp3) is 0.286. The first-order valence-electron chi connectivity index (χ1n) is 6.21. The molecule has 0 aliphatic heterocycles. The third kappa shape index (κ3) is 3.34. The van der Waals surface area contributed by atoms with Crippen LogP contribution in [0.25, 0.3) is 11.3 Å². The van der Waals surface area contributed by atoms with E-state index in [0.29, 0.717) is 11.1 Å². The van der Waals surface area contributed by atoms with Gasteiger partial charge in [-0.25, -0.2) is 0 Å². The number of hydrogen-bond donors (Lipinski definition) is 0. The van der Waals surface area contributed by atoms with Gasteiger partial charge < -0.3 is 0 Å². The predicted molar refractivity (Wildman–Crippen MR) is 76.5 cm³/mol. The zero-order chi connectivity index (χ0) is 15.6. The lowest BCUT2D eigenvalue weighted by Crippen LogP contribution is -2.13. The molecule has 2 rings (SSSR count). The van der Waals surface area contributed by atoms with Gasteiger partial charge in [0.1, 0.15) is 5.69 Å². The molecule has 0 saturated heterocycles. The molecular formula is C14H12BrF3N2O. The van der Waals surface area contributed by atoms with E-state index in [-0.39, 0.29) is 23.4 Å². The van der Waals surface area contributed by atoms with Crippen LogP contribution in [0.3, 0.4) is 0 Å². The molecule has 3 nitrogen and oxygen atoms in total. The number of Topliss-reactive ketones (excluding diaryl/α,β-unsaturated/α-hetero) is 1. The molecule has 0 aliphatic carbocycles. The second kappa shape index (κ2) is 6.01. The highest BCUT2D eigenvalue weighted by Gasteiger charge is 2.35. The lowest BCUT2D eigenvalue weighted by atomic mass is 10.1. The van der Waals surface area contributed by atoms with Crippen LogP contribution in [0.4, 0.5) is 13.2 Å². The molecule has 0 aliphatic rings. The van der Waals surface area contributed by atoms with Gasteiger partial charge in [-0.15, -0.1) is 0 Å². The minimum atomic E-state index is -4.44. The molecule has 1 aromatic carbocycles. The molecule has 0 bridgehead atoms. The van der Waals surface area contributed by atoms with E-state index in [2.05, 4.69) is 21.0 Å². The summed E-state index contributed by atoms with van der Waals surface area (Å²) >= 11 is 3.07. The quantitative estimate of drug-likeness (QED) is 0.605.